The van der Waals surface area contributed by atoms with Crippen molar-refractivity contribution in [1.29, 1.82) is 0 Å². The molecule has 0 rings (SSSR count). The van der Waals surface area contributed by atoms with Gasteiger partial charge in [-0.1, -0.05) is 27.7 Å². The molecule has 0 aromatic carbocycles. The molecule has 90 valence electrons. The Morgan fingerprint density at radius 3 is 2.20 bits per heavy atom. The molecule has 5 nitrogen and oxygen atoms in total. The van der Waals surface area contributed by atoms with Crippen LogP contribution in [0.4, 0.5) is 0 Å². The lowest BCUT2D eigenvalue weighted by atomic mass is 9.99. The van der Waals surface area contributed by atoms with E-state index in [0.717, 1.165) is 0 Å². The fraction of sp³-hybridized carbons (Fsp3) is 0.889. The molecule has 15 heavy (non-hydrogen) atoms. The second-order valence-corrected chi connectivity index (χ2v) is 5.66. The van der Waals surface area contributed by atoms with E-state index < -0.39 is 16.4 Å². The summed E-state index contributed by atoms with van der Waals surface area (Å²) in [6, 6.07) is 0. The van der Waals surface area contributed by atoms with E-state index in [0.29, 0.717) is 6.42 Å². The van der Waals surface area contributed by atoms with Gasteiger partial charge in [-0.2, -0.15) is 8.42 Å². The molecule has 0 N–H and O–H groups in total. The minimum absolute atomic E-state index is 0.0191. The maximum absolute atomic E-state index is 11.1. The molecule has 0 aromatic heterocycles. The summed E-state index contributed by atoms with van der Waals surface area (Å²) in [6.07, 6.45) is 0.603. The van der Waals surface area contributed by atoms with Gasteiger partial charge in [0, 0.05) is 6.42 Å². The van der Waals surface area contributed by atoms with Crippen LogP contribution in [0.2, 0.25) is 0 Å². The molecule has 0 saturated carbocycles. The van der Waals surface area contributed by atoms with Gasteiger partial charge < -0.3 is 4.18 Å². The molecule has 0 radical (unpaired) electrons. The van der Waals surface area contributed by atoms with Gasteiger partial charge in [-0.25, -0.2) is 4.18 Å². The van der Waals surface area contributed by atoms with Crippen molar-refractivity contribution in [2.75, 3.05) is 6.61 Å². The fourth-order valence-corrected chi connectivity index (χ4v) is 1.49. The lowest BCUT2D eigenvalue weighted by Crippen LogP contribution is -2.22. The van der Waals surface area contributed by atoms with Crippen LogP contribution in [0.5, 0.6) is 0 Å². The second-order valence-electron chi connectivity index (χ2n) is 4.44. The minimum atomic E-state index is -4.19. The summed E-state index contributed by atoms with van der Waals surface area (Å²) < 4.78 is 30.9. The molecule has 0 amide bonds. The maximum atomic E-state index is 11.1. The standard InChI is InChI=1S/C9H18O5S/c1-5-6-8(10)14-15(11,12)13-7-9(2,3)4/h5-7H2,1-4H3. The first-order valence-electron chi connectivity index (χ1n) is 4.78. The Kier molecular flexibility index (Phi) is 5.23. The predicted molar refractivity (Wildman–Crippen MR) is 55.3 cm³/mol. The molecule has 0 fully saturated rings. The summed E-state index contributed by atoms with van der Waals surface area (Å²) in [7, 11) is -4.19. The highest BCUT2D eigenvalue weighted by molar-refractivity contribution is 7.82. The van der Waals surface area contributed by atoms with Crippen molar-refractivity contribution < 1.29 is 21.6 Å². The van der Waals surface area contributed by atoms with Gasteiger partial charge >= 0.3 is 16.4 Å². The number of rotatable bonds is 5. The number of carbonyl (C=O) groups is 1. The van der Waals surface area contributed by atoms with E-state index >= 15 is 0 Å². The first-order chi connectivity index (χ1) is 6.66. The molecule has 0 aromatic rings. The van der Waals surface area contributed by atoms with Crippen LogP contribution in [0, 0.1) is 5.41 Å². The van der Waals surface area contributed by atoms with E-state index in [-0.39, 0.29) is 18.4 Å². The predicted octanol–water partition coefficient (Wildman–Crippen LogP) is 1.64. The molecule has 0 aliphatic rings. The van der Waals surface area contributed by atoms with Crippen LogP contribution < -0.4 is 0 Å². The smallest absolute Gasteiger partial charge is 0.325 e. The normalized spacial score (nSPS) is 12.5. The molecule has 0 unspecified atom stereocenters. The largest absolute Gasteiger partial charge is 0.451 e. The van der Waals surface area contributed by atoms with Gasteiger partial charge in [0.25, 0.3) is 0 Å². The molecule has 0 saturated heterocycles. The van der Waals surface area contributed by atoms with Crippen molar-refractivity contribution in [1.82, 2.24) is 0 Å². The SMILES string of the molecule is CCCC(=O)OS(=O)(=O)OCC(C)(C)C. The summed E-state index contributed by atoms with van der Waals surface area (Å²) >= 11 is 0. The average Bonchev–Trinajstić information content (AvgIpc) is 1.99. The lowest BCUT2D eigenvalue weighted by Gasteiger charge is -2.16. The molecule has 0 heterocycles. The summed E-state index contributed by atoms with van der Waals surface area (Å²) in [4.78, 5) is 10.9. The molecule has 0 bridgehead atoms. The summed E-state index contributed by atoms with van der Waals surface area (Å²) in [6.45, 7) is 7.18. The van der Waals surface area contributed by atoms with Gasteiger partial charge in [0.05, 0.1) is 6.61 Å². The van der Waals surface area contributed by atoms with Crippen LogP contribution in [0.25, 0.3) is 0 Å². The van der Waals surface area contributed by atoms with Crippen molar-refractivity contribution in [3.63, 3.8) is 0 Å². The molecular weight excluding hydrogens is 220 g/mol. The number of hydrogen-bond acceptors (Lipinski definition) is 5. The van der Waals surface area contributed by atoms with E-state index in [1.54, 1.807) is 6.92 Å². The van der Waals surface area contributed by atoms with Crippen molar-refractivity contribution in [3.8, 4) is 0 Å². The highest BCUT2D eigenvalue weighted by Crippen LogP contribution is 2.15. The monoisotopic (exact) mass is 238 g/mol. The molecule has 0 spiro atoms. The highest BCUT2D eigenvalue weighted by atomic mass is 32.3. The van der Waals surface area contributed by atoms with Gasteiger partial charge in [-0.15, -0.1) is 0 Å². The Bertz CT molecular complexity index is 299. The second kappa shape index (κ2) is 5.46. The number of hydrogen-bond donors (Lipinski definition) is 0. The molecule has 0 atom stereocenters. The van der Waals surface area contributed by atoms with E-state index in [2.05, 4.69) is 8.37 Å². The van der Waals surface area contributed by atoms with Crippen molar-refractivity contribution in [2.24, 2.45) is 5.41 Å². The molecule has 0 aliphatic heterocycles. The van der Waals surface area contributed by atoms with Crippen LogP contribution in [0.15, 0.2) is 0 Å². The van der Waals surface area contributed by atoms with Crippen LogP contribution in [0.1, 0.15) is 40.5 Å². The average molecular weight is 238 g/mol. The van der Waals surface area contributed by atoms with Crippen molar-refractivity contribution in [2.45, 2.75) is 40.5 Å². The highest BCUT2D eigenvalue weighted by Gasteiger charge is 2.21. The van der Waals surface area contributed by atoms with E-state index in [1.165, 1.54) is 0 Å². The lowest BCUT2D eigenvalue weighted by molar-refractivity contribution is -0.134. The van der Waals surface area contributed by atoms with Crippen LogP contribution >= 0.6 is 0 Å². The van der Waals surface area contributed by atoms with E-state index in [9.17, 15) is 13.2 Å². The third-order valence-electron chi connectivity index (χ3n) is 1.29. The fourth-order valence-electron chi connectivity index (χ4n) is 0.633. The first kappa shape index (κ1) is 14.4. The molecule has 6 heteroatoms. The van der Waals surface area contributed by atoms with E-state index in [1.807, 2.05) is 20.8 Å². The summed E-state index contributed by atoms with van der Waals surface area (Å²) in [5.74, 6) is -0.786. The summed E-state index contributed by atoms with van der Waals surface area (Å²) in [5.41, 5.74) is -0.301. The maximum Gasteiger partial charge on any atom is 0.451 e. The van der Waals surface area contributed by atoms with Gasteiger partial charge in [-0.3, -0.25) is 4.79 Å². The van der Waals surface area contributed by atoms with E-state index in [4.69, 9.17) is 0 Å². The molecular formula is C9H18O5S. The third-order valence-corrected chi connectivity index (χ3v) is 2.08. The topological polar surface area (TPSA) is 69.7 Å². The Hall–Kier alpha value is -0.620. The third kappa shape index (κ3) is 8.38. The van der Waals surface area contributed by atoms with Gasteiger partial charge in [0.15, 0.2) is 0 Å². The molecule has 0 aliphatic carbocycles. The van der Waals surface area contributed by atoms with Crippen molar-refractivity contribution in [3.05, 3.63) is 0 Å². The summed E-state index contributed by atoms with van der Waals surface area (Å²) in [5, 5.41) is 0. The van der Waals surface area contributed by atoms with Gasteiger partial charge in [0.1, 0.15) is 0 Å². The van der Waals surface area contributed by atoms with Gasteiger partial charge in [0.2, 0.25) is 0 Å². The van der Waals surface area contributed by atoms with Crippen LogP contribution in [-0.2, 0) is 23.6 Å². The van der Waals surface area contributed by atoms with Gasteiger partial charge in [-0.05, 0) is 11.8 Å². The zero-order valence-corrected chi connectivity index (χ0v) is 10.4. The minimum Gasteiger partial charge on any atom is -0.325 e. The first-order valence-corrected chi connectivity index (χ1v) is 6.11. The Morgan fingerprint density at radius 2 is 1.80 bits per heavy atom. The Balaban J connectivity index is 4.15. The van der Waals surface area contributed by atoms with Crippen LogP contribution in [0.3, 0.4) is 0 Å². The van der Waals surface area contributed by atoms with Crippen molar-refractivity contribution >= 4 is 16.4 Å². The van der Waals surface area contributed by atoms with Crippen LogP contribution in [-0.4, -0.2) is 21.0 Å². The zero-order valence-electron chi connectivity index (χ0n) is 9.57. The number of carbonyl (C=O) groups excluding carboxylic acids is 1. The Morgan fingerprint density at radius 1 is 1.27 bits per heavy atom. The quantitative estimate of drug-likeness (QED) is 0.728. The Labute approximate surface area is 91.1 Å². The zero-order chi connectivity index (χ0) is 12.1.